The van der Waals surface area contributed by atoms with Crippen molar-refractivity contribution >= 4 is 11.7 Å². The van der Waals surface area contributed by atoms with Gasteiger partial charge in [-0.1, -0.05) is 0 Å². The summed E-state index contributed by atoms with van der Waals surface area (Å²) in [4.78, 5) is 26.0. The number of carbonyl (C=O) groups excluding carboxylic acids is 1. The third-order valence-electron chi connectivity index (χ3n) is 2.59. The first-order valence-electron chi connectivity index (χ1n) is 5.86. The number of hydrogen-bond acceptors (Lipinski definition) is 6. The van der Waals surface area contributed by atoms with Crippen LogP contribution in [0.4, 0.5) is 5.69 Å². The van der Waals surface area contributed by atoms with Crippen molar-refractivity contribution < 1.29 is 14.5 Å². The highest BCUT2D eigenvalue weighted by Gasteiger charge is 2.15. The zero-order chi connectivity index (χ0) is 14.7. The topological polar surface area (TPSA) is 100 Å². The minimum Gasteiger partial charge on any atom is -0.462 e. The number of aryl methyl sites for hydroxylation is 1. The molecule has 2 heterocycles. The van der Waals surface area contributed by atoms with E-state index in [9.17, 15) is 14.9 Å². The van der Waals surface area contributed by atoms with E-state index in [0.29, 0.717) is 5.56 Å². The van der Waals surface area contributed by atoms with Crippen molar-refractivity contribution in [1.29, 1.82) is 0 Å². The molecule has 0 amide bonds. The first-order valence-corrected chi connectivity index (χ1v) is 5.86. The molecule has 0 unspecified atom stereocenters. The number of ether oxygens (including phenoxy) is 1. The van der Waals surface area contributed by atoms with Gasteiger partial charge in [-0.15, -0.1) is 0 Å². The van der Waals surface area contributed by atoms with Crippen molar-refractivity contribution in [3.8, 4) is 5.82 Å². The first kappa shape index (κ1) is 13.7. The van der Waals surface area contributed by atoms with Crippen LogP contribution in [0.5, 0.6) is 0 Å². The molecule has 0 atom stereocenters. The van der Waals surface area contributed by atoms with Gasteiger partial charge in [0.05, 0.1) is 29.4 Å². The maximum absolute atomic E-state index is 11.5. The van der Waals surface area contributed by atoms with Crippen LogP contribution in [0, 0.1) is 17.0 Å². The third-order valence-corrected chi connectivity index (χ3v) is 2.59. The van der Waals surface area contributed by atoms with Gasteiger partial charge >= 0.3 is 5.97 Å². The molecule has 0 radical (unpaired) electrons. The maximum atomic E-state index is 11.5. The summed E-state index contributed by atoms with van der Waals surface area (Å²) in [5.41, 5.74) is 0.664. The van der Waals surface area contributed by atoms with Gasteiger partial charge in [0, 0.05) is 18.0 Å². The van der Waals surface area contributed by atoms with Crippen LogP contribution >= 0.6 is 0 Å². The summed E-state index contributed by atoms with van der Waals surface area (Å²) < 4.78 is 6.13. The smallest absolute Gasteiger partial charge is 0.341 e. The summed E-state index contributed by atoms with van der Waals surface area (Å²) >= 11 is 0. The fourth-order valence-corrected chi connectivity index (χ4v) is 1.59. The normalized spacial score (nSPS) is 10.3. The largest absolute Gasteiger partial charge is 0.462 e. The Kier molecular flexibility index (Phi) is 3.74. The van der Waals surface area contributed by atoms with Gasteiger partial charge in [0.15, 0.2) is 5.82 Å². The number of pyridine rings is 1. The molecule has 2 rings (SSSR count). The quantitative estimate of drug-likeness (QED) is 0.478. The van der Waals surface area contributed by atoms with Gasteiger partial charge in [-0.2, -0.15) is 5.10 Å². The van der Waals surface area contributed by atoms with E-state index >= 15 is 0 Å². The number of hydrogen-bond donors (Lipinski definition) is 0. The Labute approximate surface area is 114 Å². The van der Waals surface area contributed by atoms with Crippen LogP contribution in [-0.2, 0) is 4.74 Å². The highest BCUT2D eigenvalue weighted by molar-refractivity contribution is 5.88. The zero-order valence-corrected chi connectivity index (χ0v) is 10.9. The minimum atomic E-state index is -0.500. The van der Waals surface area contributed by atoms with Crippen LogP contribution in [0.25, 0.3) is 5.82 Å². The van der Waals surface area contributed by atoms with Crippen LogP contribution < -0.4 is 0 Å². The van der Waals surface area contributed by atoms with Crippen LogP contribution in [0.3, 0.4) is 0 Å². The maximum Gasteiger partial charge on any atom is 0.341 e. The predicted molar refractivity (Wildman–Crippen MR) is 68.7 cm³/mol. The molecule has 0 aromatic carbocycles. The third kappa shape index (κ3) is 2.63. The Hall–Kier alpha value is -2.77. The van der Waals surface area contributed by atoms with Crippen molar-refractivity contribution in [2.45, 2.75) is 13.8 Å². The fraction of sp³-hybridized carbons (Fsp3) is 0.250. The molecule has 0 N–H and O–H groups in total. The van der Waals surface area contributed by atoms with E-state index in [1.54, 1.807) is 13.8 Å². The Bertz CT molecular complexity index is 665. The number of nitro groups is 1. The second kappa shape index (κ2) is 5.47. The lowest BCUT2D eigenvalue weighted by molar-refractivity contribution is -0.385. The van der Waals surface area contributed by atoms with Crippen LogP contribution in [0.1, 0.15) is 22.8 Å². The summed E-state index contributed by atoms with van der Waals surface area (Å²) in [5, 5.41) is 14.8. The molecule has 8 heteroatoms. The summed E-state index contributed by atoms with van der Waals surface area (Å²) in [6, 6.07) is 1.30. The summed E-state index contributed by atoms with van der Waals surface area (Å²) in [6.07, 6.45) is 4.13. The molecule has 2 aromatic heterocycles. The lowest BCUT2D eigenvalue weighted by Crippen LogP contribution is -2.04. The Morgan fingerprint density at radius 1 is 1.50 bits per heavy atom. The highest BCUT2D eigenvalue weighted by atomic mass is 16.6. The summed E-state index contributed by atoms with van der Waals surface area (Å²) in [5.74, 6) is -0.238. The molecule has 104 valence electrons. The molecule has 20 heavy (non-hydrogen) atoms. The van der Waals surface area contributed by atoms with E-state index < -0.39 is 10.9 Å². The number of rotatable bonds is 4. The summed E-state index contributed by atoms with van der Waals surface area (Å²) in [6.45, 7) is 3.56. The van der Waals surface area contributed by atoms with E-state index in [1.165, 1.54) is 29.3 Å². The van der Waals surface area contributed by atoms with Gasteiger partial charge in [-0.25, -0.2) is 14.5 Å². The lowest BCUT2D eigenvalue weighted by atomic mass is 10.2. The van der Waals surface area contributed by atoms with Crippen LogP contribution in [0.15, 0.2) is 24.7 Å². The van der Waals surface area contributed by atoms with E-state index in [0.717, 1.165) is 0 Å². The second-order valence-electron chi connectivity index (χ2n) is 3.98. The monoisotopic (exact) mass is 276 g/mol. The molecule has 2 aromatic rings. The number of carbonyl (C=O) groups is 1. The van der Waals surface area contributed by atoms with Crippen molar-refractivity contribution in [3.63, 3.8) is 0 Å². The second-order valence-corrected chi connectivity index (χ2v) is 3.98. The van der Waals surface area contributed by atoms with Crippen LogP contribution in [-0.4, -0.2) is 32.3 Å². The molecule has 0 saturated carbocycles. The Morgan fingerprint density at radius 2 is 2.25 bits per heavy atom. The van der Waals surface area contributed by atoms with Gasteiger partial charge in [-0.05, 0) is 13.8 Å². The Morgan fingerprint density at radius 3 is 2.90 bits per heavy atom. The van der Waals surface area contributed by atoms with Crippen molar-refractivity contribution in [1.82, 2.24) is 14.8 Å². The van der Waals surface area contributed by atoms with Gasteiger partial charge in [0.25, 0.3) is 5.69 Å². The Balaban J connectivity index is 2.35. The number of esters is 1. The summed E-state index contributed by atoms with van der Waals surface area (Å²) in [7, 11) is 0. The molecular weight excluding hydrogens is 264 g/mol. The molecule has 0 spiro atoms. The van der Waals surface area contributed by atoms with Gasteiger partial charge < -0.3 is 4.74 Å². The average molecular weight is 276 g/mol. The van der Waals surface area contributed by atoms with Crippen molar-refractivity contribution in [2.24, 2.45) is 0 Å². The molecule has 0 aliphatic rings. The molecule has 0 saturated heterocycles. The minimum absolute atomic E-state index is 0.0526. The zero-order valence-electron chi connectivity index (χ0n) is 10.9. The van der Waals surface area contributed by atoms with Gasteiger partial charge in [0.2, 0.25) is 0 Å². The molecule has 0 bridgehead atoms. The fourth-order valence-electron chi connectivity index (χ4n) is 1.59. The molecular formula is C12H12N4O4. The number of nitrogens with zero attached hydrogens (tertiary/aromatic N) is 4. The molecule has 0 fully saturated rings. The molecule has 0 aliphatic carbocycles. The van der Waals surface area contributed by atoms with E-state index in [-0.39, 0.29) is 23.7 Å². The van der Waals surface area contributed by atoms with E-state index in [1.807, 2.05) is 0 Å². The molecule has 8 nitrogen and oxygen atoms in total. The lowest BCUT2D eigenvalue weighted by Gasteiger charge is -2.02. The van der Waals surface area contributed by atoms with Crippen LogP contribution in [0.2, 0.25) is 0 Å². The first-order chi connectivity index (χ1) is 9.52. The van der Waals surface area contributed by atoms with Gasteiger partial charge in [-0.3, -0.25) is 10.1 Å². The number of aromatic nitrogens is 3. The average Bonchev–Trinajstić information content (AvgIpc) is 2.89. The van der Waals surface area contributed by atoms with Crippen molar-refractivity contribution in [3.05, 3.63) is 45.9 Å². The van der Waals surface area contributed by atoms with E-state index in [2.05, 4.69) is 10.1 Å². The van der Waals surface area contributed by atoms with Gasteiger partial charge in [0.1, 0.15) is 0 Å². The standard InChI is InChI=1S/C12H12N4O4/c1-3-20-12(17)9-6-14-15(7-9)11-4-10(16(18)19)8(2)5-13-11/h4-7H,3H2,1-2H3. The van der Waals surface area contributed by atoms with E-state index in [4.69, 9.17) is 4.74 Å². The molecule has 0 aliphatic heterocycles. The highest BCUT2D eigenvalue weighted by Crippen LogP contribution is 2.19. The predicted octanol–water partition coefficient (Wildman–Crippen LogP) is 1.66. The SMILES string of the molecule is CCOC(=O)c1cnn(-c2cc([N+](=O)[O-])c(C)cn2)c1. The van der Waals surface area contributed by atoms with Crippen molar-refractivity contribution in [2.75, 3.05) is 6.61 Å².